The smallest absolute Gasteiger partial charge is 0.224 e. The molecule has 1 aromatic heterocycles. The second-order valence-corrected chi connectivity index (χ2v) is 5.32. The van der Waals surface area contributed by atoms with E-state index in [1.807, 2.05) is 13.1 Å². The van der Waals surface area contributed by atoms with Crippen molar-refractivity contribution in [3.8, 4) is 0 Å². The van der Waals surface area contributed by atoms with Gasteiger partial charge >= 0.3 is 0 Å². The maximum absolute atomic E-state index is 6.22. The third-order valence-electron chi connectivity index (χ3n) is 3.57. The number of nitrogens with one attached hydrogen (secondary N) is 1. The topological polar surface area (TPSA) is 41.1 Å². The van der Waals surface area contributed by atoms with Crippen LogP contribution in [0.15, 0.2) is 30.3 Å². The van der Waals surface area contributed by atoms with Crippen LogP contribution in [0.2, 0.25) is 5.15 Å². The normalized spacial score (nSPS) is 14.9. The molecule has 4 nitrogen and oxygen atoms in total. The molecule has 1 aromatic carbocycles. The molecule has 1 N–H and O–H groups in total. The van der Waals surface area contributed by atoms with Crippen molar-refractivity contribution in [2.24, 2.45) is 0 Å². The number of benzene rings is 1. The summed E-state index contributed by atoms with van der Waals surface area (Å²) in [6.07, 6.45) is 0.908. The van der Waals surface area contributed by atoms with E-state index in [1.54, 1.807) is 0 Å². The van der Waals surface area contributed by atoms with Gasteiger partial charge in [-0.3, -0.25) is 4.90 Å². The third-order valence-corrected chi connectivity index (χ3v) is 3.88. The summed E-state index contributed by atoms with van der Waals surface area (Å²) in [4.78, 5) is 11.2. The standard InChI is InChI=1S/C15H17ClN4/c1-17-15-18-13-10-20(8-7-12(13)14(16)19-15)9-11-5-3-2-4-6-11/h2-6H,7-10H2,1H3,(H,17,18,19). The van der Waals surface area contributed by atoms with Crippen molar-refractivity contribution in [3.05, 3.63) is 52.3 Å². The zero-order valence-corrected chi connectivity index (χ0v) is 12.2. The van der Waals surface area contributed by atoms with Crippen LogP contribution >= 0.6 is 11.6 Å². The van der Waals surface area contributed by atoms with Crippen molar-refractivity contribution in [3.63, 3.8) is 0 Å². The zero-order valence-electron chi connectivity index (χ0n) is 11.4. The van der Waals surface area contributed by atoms with Crippen LogP contribution in [0, 0.1) is 0 Å². The van der Waals surface area contributed by atoms with E-state index < -0.39 is 0 Å². The largest absolute Gasteiger partial charge is 0.357 e. The fourth-order valence-electron chi connectivity index (χ4n) is 2.53. The number of nitrogens with zero attached hydrogens (tertiary/aromatic N) is 3. The predicted molar refractivity (Wildman–Crippen MR) is 80.8 cm³/mol. The Hall–Kier alpha value is -1.65. The highest BCUT2D eigenvalue weighted by Crippen LogP contribution is 2.25. The van der Waals surface area contributed by atoms with Crippen molar-refractivity contribution in [2.75, 3.05) is 18.9 Å². The molecule has 0 bridgehead atoms. The average Bonchev–Trinajstić information content (AvgIpc) is 2.48. The highest BCUT2D eigenvalue weighted by molar-refractivity contribution is 6.30. The fourth-order valence-corrected chi connectivity index (χ4v) is 2.81. The van der Waals surface area contributed by atoms with Crippen LogP contribution in [0.25, 0.3) is 0 Å². The number of hydrogen-bond acceptors (Lipinski definition) is 4. The van der Waals surface area contributed by atoms with E-state index in [0.717, 1.165) is 37.3 Å². The molecule has 0 saturated heterocycles. The molecular weight excluding hydrogens is 272 g/mol. The predicted octanol–water partition coefficient (Wildman–Crippen LogP) is 2.73. The van der Waals surface area contributed by atoms with Crippen LogP contribution in [0.3, 0.4) is 0 Å². The Morgan fingerprint density at radius 1 is 1.25 bits per heavy atom. The lowest BCUT2D eigenvalue weighted by atomic mass is 10.1. The van der Waals surface area contributed by atoms with Gasteiger partial charge in [-0.2, -0.15) is 0 Å². The van der Waals surface area contributed by atoms with Gasteiger partial charge < -0.3 is 5.32 Å². The second kappa shape index (κ2) is 5.77. The van der Waals surface area contributed by atoms with Crippen LogP contribution in [-0.2, 0) is 19.5 Å². The summed E-state index contributed by atoms with van der Waals surface area (Å²) in [6.45, 7) is 2.75. The minimum atomic E-state index is 0.582. The molecule has 0 spiro atoms. The molecule has 2 heterocycles. The lowest BCUT2D eigenvalue weighted by molar-refractivity contribution is 0.241. The Labute approximate surface area is 123 Å². The van der Waals surface area contributed by atoms with E-state index in [0.29, 0.717) is 11.1 Å². The van der Waals surface area contributed by atoms with Gasteiger partial charge in [-0.15, -0.1) is 0 Å². The van der Waals surface area contributed by atoms with Crippen LogP contribution in [-0.4, -0.2) is 28.5 Å². The fraction of sp³-hybridized carbons (Fsp3) is 0.333. The number of fused-ring (bicyclic) bond motifs is 1. The Morgan fingerprint density at radius 3 is 2.80 bits per heavy atom. The van der Waals surface area contributed by atoms with Crippen LogP contribution in [0.4, 0.5) is 5.95 Å². The maximum atomic E-state index is 6.22. The number of halogens is 1. The van der Waals surface area contributed by atoms with Gasteiger partial charge in [-0.25, -0.2) is 9.97 Å². The first-order chi connectivity index (χ1) is 9.76. The van der Waals surface area contributed by atoms with Crippen molar-refractivity contribution in [2.45, 2.75) is 19.5 Å². The molecule has 0 radical (unpaired) electrons. The van der Waals surface area contributed by atoms with Crippen molar-refractivity contribution >= 4 is 17.5 Å². The van der Waals surface area contributed by atoms with E-state index in [1.165, 1.54) is 5.56 Å². The molecule has 0 saturated carbocycles. The lowest BCUT2D eigenvalue weighted by Gasteiger charge is -2.28. The maximum Gasteiger partial charge on any atom is 0.224 e. The van der Waals surface area contributed by atoms with E-state index >= 15 is 0 Å². The summed E-state index contributed by atoms with van der Waals surface area (Å²) in [5, 5.41) is 3.54. The first-order valence-corrected chi connectivity index (χ1v) is 7.13. The van der Waals surface area contributed by atoms with Gasteiger partial charge in [0, 0.05) is 32.2 Å². The van der Waals surface area contributed by atoms with E-state index in [-0.39, 0.29) is 0 Å². The van der Waals surface area contributed by atoms with Crippen molar-refractivity contribution in [1.82, 2.24) is 14.9 Å². The van der Waals surface area contributed by atoms with E-state index in [4.69, 9.17) is 11.6 Å². The van der Waals surface area contributed by atoms with E-state index in [2.05, 4.69) is 44.5 Å². The molecular formula is C15H17ClN4. The van der Waals surface area contributed by atoms with Gasteiger partial charge in [-0.05, 0) is 12.0 Å². The number of anilines is 1. The molecule has 0 amide bonds. The molecule has 0 fully saturated rings. The summed E-state index contributed by atoms with van der Waals surface area (Å²) in [5.41, 5.74) is 3.46. The molecule has 104 valence electrons. The minimum absolute atomic E-state index is 0.582. The highest BCUT2D eigenvalue weighted by atomic mass is 35.5. The van der Waals surface area contributed by atoms with Crippen LogP contribution < -0.4 is 5.32 Å². The van der Waals surface area contributed by atoms with Crippen molar-refractivity contribution in [1.29, 1.82) is 0 Å². The molecule has 0 unspecified atom stereocenters. The summed E-state index contributed by atoms with van der Waals surface area (Å²) in [6, 6.07) is 10.5. The van der Waals surface area contributed by atoms with Gasteiger partial charge in [0.1, 0.15) is 5.15 Å². The number of aromatic nitrogens is 2. The quantitative estimate of drug-likeness (QED) is 0.882. The van der Waals surface area contributed by atoms with Gasteiger partial charge in [0.25, 0.3) is 0 Å². The molecule has 1 aliphatic heterocycles. The second-order valence-electron chi connectivity index (χ2n) is 4.96. The molecule has 1 aliphatic rings. The monoisotopic (exact) mass is 288 g/mol. The minimum Gasteiger partial charge on any atom is -0.357 e. The molecule has 0 aliphatic carbocycles. The highest BCUT2D eigenvalue weighted by Gasteiger charge is 2.21. The summed E-state index contributed by atoms with van der Waals surface area (Å²) >= 11 is 6.22. The summed E-state index contributed by atoms with van der Waals surface area (Å²) in [5.74, 6) is 0.593. The molecule has 20 heavy (non-hydrogen) atoms. The lowest BCUT2D eigenvalue weighted by Crippen LogP contribution is -2.31. The first kappa shape index (κ1) is 13.3. The Morgan fingerprint density at radius 2 is 2.05 bits per heavy atom. The van der Waals surface area contributed by atoms with Crippen LogP contribution in [0.1, 0.15) is 16.8 Å². The van der Waals surface area contributed by atoms with Gasteiger partial charge in [0.05, 0.1) is 5.69 Å². The SMILES string of the molecule is CNc1nc(Cl)c2c(n1)CN(Cc1ccccc1)CC2. The Balaban J connectivity index is 1.79. The molecule has 0 atom stereocenters. The molecule has 2 aromatic rings. The average molecular weight is 289 g/mol. The van der Waals surface area contributed by atoms with Gasteiger partial charge in [0.2, 0.25) is 5.95 Å². The summed E-state index contributed by atoms with van der Waals surface area (Å²) in [7, 11) is 1.81. The first-order valence-electron chi connectivity index (χ1n) is 6.75. The number of hydrogen-bond donors (Lipinski definition) is 1. The zero-order chi connectivity index (χ0) is 13.9. The summed E-state index contributed by atoms with van der Waals surface area (Å²) < 4.78 is 0. The van der Waals surface area contributed by atoms with Crippen LogP contribution in [0.5, 0.6) is 0 Å². The molecule has 5 heteroatoms. The Bertz CT molecular complexity index is 600. The van der Waals surface area contributed by atoms with Gasteiger partial charge in [0.15, 0.2) is 0 Å². The van der Waals surface area contributed by atoms with E-state index in [9.17, 15) is 0 Å². The third kappa shape index (κ3) is 2.76. The Kier molecular flexibility index (Phi) is 3.85. The number of rotatable bonds is 3. The molecule has 3 rings (SSSR count). The van der Waals surface area contributed by atoms with Gasteiger partial charge in [-0.1, -0.05) is 41.9 Å². The van der Waals surface area contributed by atoms with Crippen molar-refractivity contribution < 1.29 is 0 Å².